The summed E-state index contributed by atoms with van der Waals surface area (Å²) in [7, 11) is 1.41. The SMILES string of the molecule is CCCNC(=O)C(C)Nc1nc(OC)ccc1[N+](=O)[O-]. The Kier molecular flexibility index (Phi) is 5.70. The van der Waals surface area contributed by atoms with E-state index in [1.165, 1.54) is 19.2 Å². The maximum absolute atomic E-state index is 11.7. The predicted octanol–water partition coefficient (Wildman–Crippen LogP) is 1.32. The molecule has 0 aromatic carbocycles. The Labute approximate surface area is 116 Å². The third kappa shape index (κ3) is 4.08. The summed E-state index contributed by atoms with van der Waals surface area (Å²) in [5.41, 5.74) is -0.207. The van der Waals surface area contributed by atoms with Crippen molar-refractivity contribution in [3.8, 4) is 5.88 Å². The molecule has 0 saturated heterocycles. The number of carbonyl (C=O) groups excluding carboxylic acids is 1. The highest BCUT2D eigenvalue weighted by atomic mass is 16.6. The molecule has 110 valence electrons. The van der Waals surface area contributed by atoms with Gasteiger partial charge in [-0.05, 0) is 13.3 Å². The van der Waals surface area contributed by atoms with E-state index in [9.17, 15) is 14.9 Å². The lowest BCUT2D eigenvalue weighted by Gasteiger charge is -2.14. The van der Waals surface area contributed by atoms with Gasteiger partial charge >= 0.3 is 5.69 Å². The maximum atomic E-state index is 11.7. The summed E-state index contributed by atoms with van der Waals surface area (Å²) in [4.78, 5) is 26.1. The number of rotatable bonds is 7. The molecule has 1 amide bonds. The van der Waals surface area contributed by atoms with Crippen LogP contribution in [0.15, 0.2) is 12.1 Å². The molecule has 0 radical (unpaired) electrons. The molecule has 1 rings (SSSR count). The van der Waals surface area contributed by atoms with E-state index in [-0.39, 0.29) is 23.3 Å². The monoisotopic (exact) mass is 282 g/mol. The van der Waals surface area contributed by atoms with Gasteiger partial charge in [0, 0.05) is 18.7 Å². The molecule has 1 heterocycles. The van der Waals surface area contributed by atoms with Gasteiger partial charge in [-0.25, -0.2) is 0 Å². The first-order valence-corrected chi connectivity index (χ1v) is 6.23. The van der Waals surface area contributed by atoms with Crippen molar-refractivity contribution in [3.05, 3.63) is 22.2 Å². The largest absolute Gasteiger partial charge is 0.481 e. The Morgan fingerprint density at radius 1 is 1.55 bits per heavy atom. The summed E-state index contributed by atoms with van der Waals surface area (Å²) in [6.45, 7) is 4.10. The fourth-order valence-electron chi connectivity index (χ4n) is 1.47. The Balaban J connectivity index is 2.89. The second kappa shape index (κ2) is 7.27. The van der Waals surface area contributed by atoms with Gasteiger partial charge in [-0.1, -0.05) is 6.92 Å². The molecule has 20 heavy (non-hydrogen) atoms. The lowest BCUT2D eigenvalue weighted by atomic mass is 10.3. The molecule has 0 spiro atoms. The minimum Gasteiger partial charge on any atom is -0.481 e. The van der Waals surface area contributed by atoms with Gasteiger partial charge in [0.15, 0.2) is 0 Å². The number of ether oxygens (including phenoxy) is 1. The van der Waals surface area contributed by atoms with Crippen molar-refractivity contribution in [2.24, 2.45) is 0 Å². The van der Waals surface area contributed by atoms with Crippen molar-refractivity contribution in [2.45, 2.75) is 26.3 Å². The summed E-state index contributed by atoms with van der Waals surface area (Å²) in [5.74, 6) is -0.00136. The molecule has 1 aromatic rings. The van der Waals surface area contributed by atoms with Crippen LogP contribution in [0.2, 0.25) is 0 Å². The van der Waals surface area contributed by atoms with Gasteiger partial charge < -0.3 is 15.4 Å². The summed E-state index contributed by atoms with van der Waals surface area (Å²) in [5, 5.41) is 16.4. The van der Waals surface area contributed by atoms with Gasteiger partial charge in [0.05, 0.1) is 12.0 Å². The van der Waals surface area contributed by atoms with E-state index in [0.717, 1.165) is 6.42 Å². The van der Waals surface area contributed by atoms with Gasteiger partial charge in [0.2, 0.25) is 17.6 Å². The molecule has 1 aromatic heterocycles. The summed E-state index contributed by atoms with van der Waals surface area (Å²) >= 11 is 0. The van der Waals surface area contributed by atoms with Gasteiger partial charge in [0.25, 0.3) is 0 Å². The molecule has 1 atom stereocenters. The van der Waals surface area contributed by atoms with Crippen LogP contribution in [0.4, 0.5) is 11.5 Å². The maximum Gasteiger partial charge on any atom is 0.311 e. The van der Waals surface area contributed by atoms with E-state index < -0.39 is 11.0 Å². The van der Waals surface area contributed by atoms with Crippen molar-refractivity contribution < 1.29 is 14.5 Å². The average molecular weight is 282 g/mol. The third-order valence-electron chi connectivity index (χ3n) is 2.55. The van der Waals surface area contributed by atoms with Crippen LogP contribution >= 0.6 is 0 Å². The van der Waals surface area contributed by atoms with E-state index >= 15 is 0 Å². The fraction of sp³-hybridized carbons (Fsp3) is 0.500. The van der Waals surface area contributed by atoms with Gasteiger partial charge in [-0.3, -0.25) is 14.9 Å². The van der Waals surface area contributed by atoms with Crippen LogP contribution in [0.5, 0.6) is 5.88 Å². The number of nitro groups is 1. The van der Waals surface area contributed by atoms with Gasteiger partial charge in [-0.2, -0.15) is 4.98 Å². The molecule has 8 heteroatoms. The molecule has 8 nitrogen and oxygen atoms in total. The van der Waals surface area contributed by atoms with E-state index in [2.05, 4.69) is 15.6 Å². The lowest BCUT2D eigenvalue weighted by molar-refractivity contribution is -0.384. The zero-order valence-corrected chi connectivity index (χ0v) is 11.7. The van der Waals surface area contributed by atoms with Crippen LogP contribution in [0, 0.1) is 10.1 Å². The lowest BCUT2D eigenvalue weighted by Crippen LogP contribution is -2.38. The number of nitrogens with one attached hydrogen (secondary N) is 2. The summed E-state index contributed by atoms with van der Waals surface area (Å²) < 4.78 is 4.92. The summed E-state index contributed by atoms with van der Waals surface area (Å²) in [6, 6.07) is 2.04. The number of methoxy groups -OCH3 is 1. The number of amides is 1. The number of hydrogen-bond acceptors (Lipinski definition) is 6. The van der Waals surface area contributed by atoms with Crippen LogP contribution in [-0.2, 0) is 4.79 Å². The van der Waals surface area contributed by atoms with Gasteiger partial charge in [0.1, 0.15) is 6.04 Å². The standard InChI is InChI=1S/C12H18N4O4/c1-4-7-13-12(17)8(2)14-11-9(16(18)19)5-6-10(15-11)20-3/h5-6,8H,4,7H2,1-3H3,(H,13,17)(H,14,15). The van der Waals surface area contributed by atoms with Crippen molar-refractivity contribution in [1.29, 1.82) is 0 Å². The first-order valence-electron chi connectivity index (χ1n) is 6.23. The second-order valence-electron chi connectivity index (χ2n) is 4.14. The third-order valence-corrected chi connectivity index (χ3v) is 2.55. The number of pyridine rings is 1. The molecule has 0 aliphatic rings. The molecule has 0 saturated carbocycles. The number of hydrogen-bond donors (Lipinski definition) is 2. The highest BCUT2D eigenvalue weighted by Gasteiger charge is 2.20. The number of aromatic nitrogens is 1. The number of nitrogens with zero attached hydrogens (tertiary/aromatic N) is 2. The first-order chi connectivity index (χ1) is 9.49. The minimum absolute atomic E-state index is 0.00787. The normalized spacial score (nSPS) is 11.6. The molecule has 2 N–H and O–H groups in total. The molecule has 0 aliphatic heterocycles. The van der Waals surface area contributed by atoms with Gasteiger partial charge in [-0.15, -0.1) is 0 Å². The number of carbonyl (C=O) groups is 1. The first kappa shape index (κ1) is 15.7. The number of anilines is 1. The molecule has 0 fully saturated rings. The van der Waals surface area contributed by atoms with E-state index in [1.54, 1.807) is 6.92 Å². The molecule has 0 aliphatic carbocycles. The topological polar surface area (TPSA) is 106 Å². The Morgan fingerprint density at radius 3 is 2.80 bits per heavy atom. The zero-order valence-electron chi connectivity index (χ0n) is 11.7. The molecular weight excluding hydrogens is 264 g/mol. The smallest absolute Gasteiger partial charge is 0.311 e. The Bertz CT molecular complexity index is 492. The van der Waals surface area contributed by atoms with Crippen LogP contribution in [0.3, 0.4) is 0 Å². The zero-order chi connectivity index (χ0) is 15.1. The molecular formula is C12H18N4O4. The van der Waals surface area contributed by atoms with Crippen molar-refractivity contribution >= 4 is 17.4 Å². The van der Waals surface area contributed by atoms with E-state index in [4.69, 9.17) is 4.74 Å². The summed E-state index contributed by atoms with van der Waals surface area (Å²) in [6.07, 6.45) is 0.815. The van der Waals surface area contributed by atoms with Crippen LogP contribution < -0.4 is 15.4 Å². The Morgan fingerprint density at radius 2 is 2.25 bits per heavy atom. The second-order valence-corrected chi connectivity index (χ2v) is 4.14. The quantitative estimate of drug-likeness (QED) is 0.577. The molecule has 1 unspecified atom stereocenters. The Hall–Kier alpha value is -2.38. The van der Waals surface area contributed by atoms with Crippen LogP contribution in [-0.4, -0.2) is 35.5 Å². The van der Waals surface area contributed by atoms with Crippen molar-refractivity contribution in [1.82, 2.24) is 10.3 Å². The van der Waals surface area contributed by atoms with E-state index in [1.807, 2.05) is 6.92 Å². The average Bonchev–Trinajstić information content (AvgIpc) is 2.44. The van der Waals surface area contributed by atoms with Crippen molar-refractivity contribution in [3.63, 3.8) is 0 Å². The minimum atomic E-state index is -0.639. The predicted molar refractivity (Wildman–Crippen MR) is 73.8 cm³/mol. The van der Waals surface area contributed by atoms with E-state index in [0.29, 0.717) is 6.54 Å². The highest BCUT2D eigenvalue weighted by Crippen LogP contribution is 2.25. The van der Waals surface area contributed by atoms with Crippen molar-refractivity contribution in [2.75, 3.05) is 19.0 Å². The van der Waals surface area contributed by atoms with Crippen LogP contribution in [0.25, 0.3) is 0 Å². The van der Waals surface area contributed by atoms with Crippen LogP contribution in [0.1, 0.15) is 20.3 Å². The molecule has 0 bridgehead atoms. The fourth-order valence-corrected chi connectivity index (χ4v) is 1.47. The highest BCUT2D eigenvalue weighted by molar-refractivity contribution is 5.84.